The van der Waals surface area contributed by atoms with Gasteiger partial charge in [-0.2, -0.15) is 0 Å². The molecule has 3 rings (SSSR count). The van der Waals surface area contributed by atoms with Crippen LogP contribution in [0.1, 0.15) is 6.92 Å². The third-order valence-electron chi connectivity index (χ3n) is 3.17. The van der Waals surface area contributed by atoms with E-state index in [4.69, 9.17) is 10.5 Å². The fourth-order valence-electron chi connectivity index (χ4n) is 2.27. The molecular weight excluding hydrogens is 278 g/mol. The van der Waals surface area contributed by atoms with E-state index in [0.29, 0.717) is 6.61 Å². The Morgan fingerprint density at radius 2 is 1.71 bits per heavy atom. The first-order valence-corrected chi connectivity index (χ1v) is 7.76. The summed E-state index contributed by atoms with van der Waals surface area (Å²) in [7, 11) is 0. The van der Waals surface area contributed by atoms with Gasteiger partial charge in [-0.1, -0.05) is 42.1 Å². The fourth-order valence-corrected chi connectivity index (χ4v) is 3.23. The van der Waals surface area contributed by atoms with E-state index in [9.17, 15) is 0 Å². The van der Waals surface area contributed by atoms with Crippen molar-refractivity contribution in [1.29, 1.82) is 0 Å². The summed E-state index contributed by atoms with van der Waals surface area (Å²) in [5.41, 5.74) is 6.67. The maximum absolute atomic E-state index is 5.94. The predicted molar refractivity (Wildman–Crippen MR) is 90.1 cm³/mol. The molecule has 21 heavy (non-hydrogen) atoms. The van der Waals surface area contributed by atoms with Crippen molar-refractivity contribution >= 4 is 28.2 Å². The molecule has 0 aliphatic heterocycles. The van der Waals surface area contributed by atoms with Gasteiger partial charge in [-0.3, -0.25) is 0 Å². The van der Waals surface area contributed by atoms with Gasteiger partial charge < -0.3 is 10.5 Å². The van der Waals surface area contributed by atoms with Crippen LogP contribution in [0.4, 0.5) is 5.69 Å². The van der Waals surface area contributed by atoms with Crippen LogP contribution in [0.2, 0.25) is 0 Å². The number of ether oxygens (including phenoxy) is 1. The van der Waals surface area contributed by atoms with Crippen LogP contribution in [0.15, 0.2) is 70.5 Å². The summed E-state index contributed by atoms with van der Waals surface area (Å²) in [4.78, 5) is 2.29. The van der Waals surface area contributed by atoms with Gasteiger partial charge in [0.2, 0.25) is 0 Å². The number of hydrogen-bond donors (Lipinski definition) is 1. The van der Waals surface area contributed by atoms with Gasteiger partial charge in [0, 0.05) is 21.5 Å². The van der Waals surface area contributed by atoms with E-state index in [1.54, 1.807) is 11.8 Å². The quantitative estimate of drug-likeness (QED) is 0.690. The van der Waals surface area contributed by atoms with E-state index in [0.717, 1.165) is 16.3 Å². The molecule has 0 fully saturated rings. The van der Waals surface area contributed by atoms with Gasteiger partial charge in [0.25, 0.3) is 0 Å². The van der Waals surface area contributed by atoms with Gasteiger partial charge in [0.1, 0.15) is 5.75 Å². The average Bonchev–Trinajstić information content (AvgIpc) is 2.47. The Bertz CT molecular complexity index is 770. The molecule has 0 aliphatic rings. The average molecular weight is 295 g/mol. The van der Waals surface area contributed by atoms with Crippen LogP contribution in [0.25, 0.3) is 10.8 Å². The van der Waals surface area contributed by atoms with Gasteiger partial charge in [0.05, 0.1) is 6.61 Å². The van der Waals surface area contributed by atoms with Crippen LogP contribution in [0.5, 0.6) is 5.75 Å². The zero-order chi connectivity index (χ0) is 14.7. The lowest BCUT2D eigenvalue weighted by molar-refractivity contribution is 0.339. The molecular formula is C18H17NOS. The van der Waals surface area contributed by atoms with Gasteiger partial charge >= 0.3 is 0 Å². The predicted octanol–water partition coefficient (Wildman–Crippen LogP) is 4.97. The van der Waals surface area contributed by atoms with E-state index in [1.165, 1.54) is 15.7 Å². The van der Waals surface area contributed by atoms with Crippen molar-refractivity contribution in [2.75, 3.05) is 12.3 Å². The first kappa shape index (κ1) is 13.8. The Morgan fingerprint density at radius 3 is 2.52 bits per heavy atom. The molecule has 3 aromatic rings. The summed E-state index contributed by atoms with van der Waals surface area (Å²) in [5.74, 6) is 0.820. The van der Waals surface area contributed by atoms with E-state index in [2.05, 4.69) is 42.5 Å². The highest BCUT2D eigenvalue weighted by Crippen LogP contribution is 2.33. The number of benzene rings is 3. The normalized spacial score (nSPS) is 10.7. The van der Waals surface area contributed by atoms with Crippen molar-refractivity contribution in [3.05, 3.63) is 60.7 Å². The molecule has 0 unspecified atom stereocenters. The zero-order valence-corrected chi connectivity index (χ0v) is 12.7. The number of hydrogen-bond acceptors (Lipinski definition) is 3. The van der Waals surface area contributed by atoms with Crippen LogP contribution in [-0.4, -0.2) is 6.61 Å². The molecule has 3 heteroatoms. The fraction of sp³-hybridized carbons (Fsp3) is 0.111. The summed E-state index contributed by atoms with van der Waals surface area (Å²) < 4.78 is 5.54. The minimum atomic E-state index is 0.642. The smallest absolute Gasteiger partial charge is 0.122 e. The summed E-state index contributed by atoms with van der Waals surface area (Å²) >= 11 is 1.70. The Morgan fingerprint density at radius 1 is 0.905 bits per heavy atom. The van der Waals surface area contributed by atoms with Crippen molar-refractivity contribution in [3.63, 3.8) is 0 Å². The minimum Gasteiger partial charge on any atom is -0.494 e. The van der Waals surface area contributed by atoms with Crippen molar-refractivity contribution in [1.82, 2.24) is 0 Å². The molecule has 2 N–H and O–H groups in total. The van der Waals surface area contributed by atoms with Crippen molar-refractivity contribution in [2.24, 2.45) is 0 Å². The second-order valence-corrected chi connectivity index (χ2v) is 5.93. The van der Waals surface area contributed by atoms with Crippen molar-refractivity contribution in [3.8, 4) is 5.75 Å². The number of nitrogen functional groups attached to an aromatic ring is 1. The molecule has 0 saturated carbocycles. The van der Waals surface area contributed by atoms with Gasteiger partial charge in [-0.25, -0.2) is 0 Å². The minimum absolute atomic E-state index is 0.642. The third-order valence-corrected chi connectivity index (χ3v) is 4.13. The molecule has 0 bridgehead atoms. The highest BCUT2D eigenvalue weighted by molar-refractivity contribution is 7.99. The summed E-state index contributed by atoms with van der Waals surface area (Å²) in [6, 6.07) is 20.7. The topological polar surface area (TPSA) is 35.2 Å². The maximum atomic E-state index is 5.94. The largest absolute Gasteiger partial charge is 0.494 e. The molecule has 3 aromatic carbocycles. The zero-order valence-electron chi connectivity index (χ0n) is 11.9. The summed E-state index contributed by atoms with van der Waals surface area (Å²) in [5, 5.41) is 2.50. The number of fused-ring (bicyclic) bond motifs is 1. The standard InChI is InChI=1S/C18H17NOS/c1-2-20-16-10-15(19)11-18(12-16)21-17-8-7-13-5-3-4-6-14(13)9-17/h3-12H,2,19H2,1H3. The Labute approximate surface area is 128 Å². The summed E-state index contributed by atoms with van der Waals surface area (Å²) in [6.45, 7) is 2.61. The van der Waals surface area contributed by atoms with Crippen LogP contribution >= 0.6 is 11.8 Å². The lowest BCUT2D eigenvalue weighted by Gasteiger charge is -2.08. The van der Waals surface area contributed by atoms with Gasteiger partial charge in [-0.05, 0) is 42.0 Å². The molecule has 0 aliphatic carbocycles. The van der Waals surface area contributed by atoms with Crippen LogP contribution in [0.3, 0.4) is 0 Å². The van der Waals surface area contributed by atoms with E-state index < -0.39 is 0 Å². The second kappa shape index (κ2) is 6.10. The van der Waals surface area contributed by atoms with Crippen LogP contribution in [0, 0.1) is 0 Å². The third kappa shape index (κ3) is 3.31. The van der Waals surface area contributed by atoms with E-state index in [1.807, 2.05) is 25.1 Å². The second-order valence-electron chi connectivity index (χ2n) is 4.78. The van der Waals surface area contributed by atoms with Crippen molar-refractivity contribution in [2.45, 2.75) is 16.7 Å². The molecule has 106 valence electrons. The Kier molecular flexibility index (Phi) is 4.02. The molecule has 0 aromatic heterocycles. The lowest BCUT2D eigenvalue weighted by atomic mass is 10.1. The maximum Gasteiger partial charge on any atom is 0.122 e. The number of nitrogens with two attached hydrogens (primary N) is 1. The molecule has 2 nitrogen and oxygen atoms in total. The van der Waals surface area contributed by atoms with Crippen LogP contribution in [-0.2, 0) is 0 Å². The molecule has 0 amide bonds. The molecule has 0 spiro atoms. The van der Waals surface area contributed by atoms with E-state index >= 15 is 0 Å². The van der Waals surface area contributed by atoms with Gasteiger partial charge in [0.15, 0.2) is 0 Å². The molecule has 0 saturated heterocycles. The summed E-state index contributed by atoms with van der Waals surface area (Å²) in [6.07, 6.45) is 0. The Hall–Kier alpha value is -2.13. The van der Waals surface area contributed by atoms with Gasteiger partial charge in [-0.15, -0.1) is 0 Å². The van der Waals surface area contributed by atoms with Crippen molar-refractivity contribution < 1.29 is 4.74 Å². The highest BCUT2D eigenvalue weighted by atomic mass is 32.2. The first-order chi connectivity index (χ1) is 10.2. The Balaban J connectivity index is 1.90. The van der Waals surface area contributed by atoms with E-state index in [-0.39, 0.29) is 0 Å². The number of anilines is 1. The highest BCUT2D eigenvalue weighted by Gasteiger charge is 2.03. The molecule has 0 radical (unpaired) electrons. The first-order valence-electron chi connectivity index (χ1n) is 6.94. The van der Waals surface area contributed by atoms with Crippen LogP contribution < -0.4 is 10.5 Å². The monoisotopic (exact) mass is 295 g/mol. The number of rotatable bonds is 4. The SMILES string of the molecule is CCOc1cc(N)cc(Sc2ccc3ccccc3c2)c1. The molecule has 0 atom stereocenters. The lowest BCUT2D eigenvalue weighted by Crippen LogP contribution is -1.93. The molecule has 0 heterocycles.